The molecule has 0 saturated heterocycles. The van der Waals surface area contributed by atoms with Crippen molar-refractivity contribution in [2.75, 3.05) is 5.32 Å². The fourth-order valence-corrected chi connectivity index (χ4v) is 3.81. The number of Topliss-reactive ketones (excluding diaryl/α,β-unsaturated/α-hetero) is 1. The van der Waals surface area contributed by atoms with Crippen molar-refractivity contribution in [2.24, 2.45) is 11.3 Å². The highest BCUT2D eigenvalue weighted by Gasteiger charge is 2.45. The molecule has 25 heavy (non-hydrogen) atoms. The molecule has 130 valence electrons. The van der Waals surface area contributed by atoms with Crippen LogP contribution in [-0.4, -0.2) is 20.5 Å². The van der Waals surface area contributed by atoms with Gasteiger partial charge >= 0.3 is 0 Å². The molecule has 1 aromatic heterocycles. The molecule has 0 bridgehead atoms. The van der Waals surface area contributed by atoms with Crippen LogP contribution in [-0.2, 0) is 4.79 Å². The predicted octanol–water partition coefficient (Wildman–Crippen LogP) is 3.38. The summed E-state index contributed by atoms with van der Waals surface area (Å²) in [6, 6.07) is 2.70. The van der Waals surface area contributed by atoms with Crippen molar-refractivity contribution in [1.82, 2.24) is 14.8 Å². The van der Waals surface area contributed by atoms with Gasteiger partial charge in [0.05, 0.1) is 12.0 Å². The van der Waals surface area contributed by atoms with Crippen LogP contribution in [0.3, 0.4) is 0 Å². The summed E-state index contributed by atoms with van der Waals surface area (Å²) in [5, 5.41) is 7.53. The largest absolute Gasteiger partial charge is 0.328 e. The quantitative estimate of drug-likeness (QED) is 0.862. The Hall–Kier alpha value is -2.57. The number of fused-ring (bicyclic) bond motifs is 2. The van der Waals surface area contributed by atoms with Gasteiger partial charge in [0.2, 0.25) is 5.95 Å². The van der Waals surface area contributed by atoms with Gasteiger partial charge in [-0.3, -0.25) is 4.79 Å². The number of hydrogen-bond acceptors (Lipinski definition) is 4. The number of carbonyl (C=O) groups excluding carboxylic acids is 1. The summed E-state index contributed by atoms with van der Waals surface area (Å²) in [7, 11) is 0. The predicted molar refractivity (Wildman–Crippen MR) is 87.9 cm³/mol. The molecule has 0 saturated carbocycles. The summed E-state index contributed by atoms with van der Waals surface area (Å²) in [4.78, 5) is 17.2. The molecule has 1 N–H and O–H groups in total. The first kappa shape index (κ1) is 15.9. The average molecular weight is 344 g/mol. The fourth-order valence-electron chi connectivity index (χ4n) is 3.81. The van der Waals surface area contributed by atoms with Gasteiger partial charge in [0.15, 0.2) is 0 Å². The summed E-state index contributed by atoms with van der Waals surface area (Å²) in [5.74, 6) is -0.913. The summed E-state index contributed by atoms with van der Waals surface area (Å²) < 4.78 is 29.2. The number of ketones is 1. The van der Waals surface area contributed by atoms with Gasteiger partial charge < -0.3 is 5.32 Å². The molecule has 7 heteroatoms. The van der Waals surface area contributed by atoms with Crippen molar-refractivity contribution in [1.29, 1.82) is 0 Å². The van der Waals surface area contributed by atoms with Crippen LogP contribution in [0.1, 0.15) is 37.7 Å². The van der Waals surface area contributed by atoms with Crippen molar-refractivity contribution >= 4 is 11.7 Å². The second-order valence-electron chi connectivity index (χ2n) is 7.41. The van der Waals surface area contributed by atoms with Gasteiger partial charge in [-0.1, -0.05) is 19.9 Å². The fraction of sp³-hybridized carbons (Fsp3) is 0.389. The summed E-state index contributed by atoms with van der Waals surface area (Å²) in [5.41, 5.74) is 0.801. The first-order valence-corrected chi connectivity index (χ1v) is 8.15. The first-order chi connectivity index (χ1) is 11.7. The maximum atomic E-state index is 13.8. The molecular weight excluding hydrogens is 326 g/mol. The topological polar surface area (TPSA) is 59.8 Å². The smallest absolute Gasteiger partial charge is 0.226 e. The van der Waals surface area contributed by atoms with E-state index in [-0.39, 0.29) is 11.2 Å². The number of nitrogens with zero attached hydrogens (tertiary/aromatic N) is 3. The van der Waals surface area contributed by atoms with Gasteiger partial charge in [-0.05, 0) is 30.0 Å². The van der Waals surface area contributed by atoms with E-state index < -0.39 is 23.6 Å². The molecule has 2 aliphatic rings. The molecule has 2 heterocycles. The van der Waals surface area contributed by atoms with E-state index in [1.807, 2.05) is 19.9 Å². The molecular formula is C18H18F2N4O. The Bertz CT molecular complexity index is 896. The normalized spacial score (nSPS) is 24.2. The van der Waals surface area contributed by atoms with Gasteiger partial charge in [-0.15, -0.1) is 0 Å². The average Bonchev–Trinajstić information content (AvgIpc) is 2.82. The van der Waals surface area contributed by atoms with Crippen molar-refractivity contribution in [2.45, 2.75) is 33.2 Å². The number of hydrogen-bond donors (Lipinski definition) is 1. The zero-order valence-electron chi connectivity index (χ0n) is 14.2. The molecule has 1 aromatic carbocycles. The SMILES string of the molecule is Cc1nc2n(n1)[C@@H](c1cc(F)cc(F)c1)[C@@H]1C(=O)CC(C)(C)C=C1N2. The lowest BCUT2D eigenvalue weighted by molar-refractivity contribution is -0.125. The van der Waals surface area contributed by atoms with E-state index in [0.29, 0.717) is 23.8 Å². The van der Waals surface area contributed by atoms with Crippen LogP contribution < -0.4 is 5.32 Å². The van der Waals surface area contributed by atoms with Crippen LogP contribution in [0.5, 0.6) is 0 Å². The Morgan fingerprint density at radius 1 is 1.24 bits per heavy atom. The van der Waals surface area contributed by atoms with E-state index in [1.165, 1.54) is 12.1 Å². The van der Waals surface area contributed by atoms with E-state index in [1.54, 1.807) is 11.6 Å². The standard InChI is InChI=1S/C18H18F2N4O/c1-9-21-17-22-13-7-18(2,3)8-14(25)15(13)16(24(17)23-9)10-4-11(19)6-12(20)5-10/h4-7,15-16H,8H2,1-3H3,(H,21,22,23)/t15-,16-/m0/s1. The second-order valence-corrected chi connectivity index (χ2v) is 7.41. The molecule has 1 aliphatic heterocycles. The minimum Gasteiger partial charge on any atom is -0.328 e. The van der Waals surface area contributed by atoms with E-state index >= 15 is 0 Å². The maximum absolute atomic E-state index is 13.8. The van der Waals surface area contributed by atoms with Crippen LogP contribution >= 0.6 is 0 Å². The van der Waals surface area contributed by atoms with E-state index in [0.717, 1.165) is 11.8 Å². The summed E-state index contributed by atoms with van der Waals surface area (Å²) in [6.07, 6.45) is 2.37. The monoisotopic (exact) mass is 344 g/mol. The van der Waals surface area contributed by atoms with Crippen LogP contribution in [0, 0.1) is 29.9 Å². The number of anilines is 1. The van der Waals surface area contributed by atoms with Gasteiger partial charge in [-0.2, -0.15) is 10.1 Å². The van der Waals surface area contributed by atoms with Crippen LogP contribution in [0.2, 0.25) is 0 Å². The van der Waals surface area contributed by atoms with Gasteiger partial charge in [0.1, 0.15) is 23.2 Å². The Morgan fingerprint density at radius 2 is 1.92 bits per heavy atom. The maximum Gasteiger partial charge on any atom is 0.226 e. The van der Waals surface area contributed by atoms with E-state index in [9.17, 15) is 13.6 Å². The minimum atomic E-state index is -0.680. The molecule has 0 unspecified atom stereocenters. The van der Waals surface area contributed by atoms with Gasteiger partial charge in [0.25, 0.3) is 0 Å². The molecule has 0 spiro atoms. The number of halogens is 2. The number of aromatic nitrogens is 3. The number of benzene rings is 1. The zero-order chi connectivity index (χ0) is 17.9. The molecule has 0 amide bonds. The lowest BCUT2D eigenvalue weighted by Gasteiger charge is -2.40. The Morgan fingerprint density at radius 3 is 2.60 bits per heavy atom. The number of nitrogens with one attached hydrogen (secondary N) is 1. The first-order valence-electron chi connectivity index (χ1n) is 8.15. The number of carbonyl (C=O) groups is 1. The van der Waals surface area contributed by atoms with Crippen LogP contribution in [0.25, 0.3) is 0 Å². The van der Waals surface area contributed by atoms with Crippen molar-refractivity contribution in [3.63, 3.8) is 0 Å². The van der Waals surface area contributed by atoms with Crippen molar-refractivity contribution in [3.8, 4) is 0 Å². The molecule has 5 nitrogen and oxygen atoms in total. The number of allylic oxidation sites excluding steroid dienone is 2. The highest BCUT2D eigenvalue weighted by molar-refractivity contribution is 5.88. The van der Waals surface area contributed by atoms with Crippen molar-refractivity contribution in [3.05, 3.63) is 53.0 Å². The third kappa shape index (κ3) is 2.63. The van der Waals surface area contributed by atoms with Crippen LogP contribution in [0.15, 0.2) is 30.0 Å². The lowest BCUT2D eigenvalue weighted by Crippen LogP contribution is -2.42. The Balaban J connectivity index is 1.94. The third-order valence-electron chi connectivity index (χ3n) is 4.66. The molecule has 1 aliphatic carbocycles. The number of rotatable bonds is 1. The summed E-state index contributed by atoms with van der Waals surface area (Å²) >= 11 is 0. The second kappa shape index (κ2) is 5.21. The zero-order valence-corrected chi connectivity index (χ0v) is 14.2. The molecule has 2 atom stereocenters. The molecule has 2 aromatic rings. The third-order valence-corrected chi connectivity index (χ3v) is 4.66. The molecule has 4 rings (SSSR count). The Kier molecular flexibility index (Phi) is 3.32. The van der Waals surface area contributed by atoms with Crippen molar-refractivity contribution < 1.29 is 13.6 Å². The highest BCUT2D eigenvalue weighted by Crippen LogP contribution is 2.45. The van der Waals surface area contributed by atoms with Gasteiger partial charge in [0, 0.05) is 18.2 Å². The Labute approximate surface area is 143 Å². The summed E-state index contributed by atoms with van der Waals surface area (Å²) in [6.45, 7) is 5.70. The van der Waals surface area contributed by atoms with E-state index in [2.05, 4.69) is 15.4 Å². The highest BCUT2D eigenvalue weighted by atomic mass is 19.1. The number of aryl methyl sites for hydroxylation is 1. The molecule has 0 radical (unpaired) electrons. The van der Waals surface area contributed by atoms with E-state index in [4.69, 9.17) is 0 Å². The molecule has 0 fully saturated rings. The minimum absolute atomic E-state index is 0.0171. The van der Waals surface area contributed by atoms with Crippen LogP contribution in [0.4, 0.5) is 14.7 Å². The van der Waals surface area contributed by atoms with Gasteiger partial charge in [-0.25, -0.2) is 13.5 Å². The lowest BCUT2D eigenvalue weighted by atomic mass is 9.72.